The summed E-state index contributed by atoms with van der Waals surface area (Å²) in [5, 5.41) is 3.57. The number of nitrogens with two attached hydrogens (primary N) is 1. The van der Waals surface area contributed by atoms with Crippen LogP contribution in [0.15, 0.2) is 33.8 Å². The number of anilines is 1. The minimum atomic E-state index is -3.28. The van der Waals surface area contributed by atoms with E-state index >= 15 is 0 Å². The molecule has 2 aromatic rings. The van der Waals surface area contributed by atoms with Gasteiger partial charge in [0, 0.05) is 11.8 Å². The van der Waals surface area contributed by atoms with Crippen LogP contribution in [-0.2, 0) is 9.84 Å². The lowest BCUT2D eigenvalue weighted by Crippen LogP contribution is -1.98. The van der Waals surface area contributed by atoms with E-state index in [0.717, 1.165) is 6.26 Å². The van der Waals surface area contributed by atoms with Gasteiger partial charge < -0.3 is 15.0 Å². The van der Waals surface area contributed by atoms with Crippen LogP contribution in [0.4, 0.5) is 5.88 Å². The molecule has 0 spiro atoms. The van der Waals surface area contributed by atoms with Crippen LogP contribution >= 0.6 is 0 Å². The molecule has 96 valence electrons. The molecule has 0 amide bonds. The van der Waals surface area contributed by atoms with Gasteiger partial charge in [0.25, 0.3) is 0 Å². The lowest BCUT2D eigenvalue weighted by Gasteiger charge is -2.08. The first kappa shape index (κ1) is 12.4. The first-order chi connectivity index (χ1) is 8.43. The highest BCUT2D eigenvalue weighted by Gasteiger charge is 2.16. The normalized spacial score (nSPS) is 11.4. The number of ether oxygens (including phenoxy) is 1. The number of sulfone groups is 1. The molecule has 7 heteroatoms. The molecule has 6 nitrogen and oxygen atoms in total. The van der Waals surface area contributed by atoms with Crippen molar-refractivity contribution in [2.45, 2.75) is 4.90 Å². The molecule has 0 radical (unpaired) electrons. The molecule has 0 atom stereocenters. The van der Waals surface area contributed by atoms with Gasteiger partial charge in [-0.1, -0.05) is 5.16 Å². The first-order valence-corrected chi connectivity index (χ1v) is 6.91. The van der Waals surface area contributed by atoms with Gasteiger partial charge in [-0.05, 0) is 18.2 Å². The van der Waals surface area contributed by atoms with Gasteiger partial charge in [0.1, 0.15) is 5.75 Å². The second-order valence-electron chi connectivity index (χ2n) is 3.74. The fraction of sp³-hybridized carbons (Fsp3) is 0.182. The van der Waals surface area contributed by atoms with Gasteiger partial charge in [-0.25, -0.2) is 8.42 Å². The molecule has 1 heterocycles. The van der Waals surface area contributed by atoms with E-state index in [0.29, 0.717) is 16.9 Å². The lowest BCUT2D eigenvalue weighted by molar-refractivity contribution is 0.415. The highest BCUT2D eigenvalue weighted by molar-refractivity contribution is 7.90. The van der Waals surface area contributed by atoms with Crippen molar-refractivity contribution in [3.05, 3.63) is 24.4 Å². The molecule has 0 unspecified atom stereocenters. The van der Waals surface area contributed by atoms with Crippen LogP contribution < -0.4 is 10.5 Å². The van der Waals surface area contributed by atoms with Gasteiger partial charge in [-0.15, -0.1) is 0 Å². The predicted octanol–water partition coefficient (Wildman–Crippen LogP) is 1.34. The van der Waals surface area contributed by atoms with E-state index in [2.05, 4.69) is 5.16 Å². The summed E-state index contributed by atoms with van der Waals surface area (Å²) in [5.41, 5.74) is 6.81. The van der Waals surface area contributed by atoms with Crippen molar-refractivity contribution < 1.29 is 17.7 Å². The summed E-state index contributed by atoms with van der Waals surface area (Å²) in [6.45, 7) is 0. The molecule has 0 bridgehead atoms. The monoisotopic (exact) mass is 268 g/mol. The summed E-state index contributed by atoms with van der Waals surface area (Å²) in [6, 6.07) is 4.54. The number of benzene rings is 1. The molecule has 2 N–H and O–H groups in total. The van der Waals surface area contributed by atoms with Gasteiger partial charge in [0.05, 0.1) is 23.8 Å². The largest absolute Gasteiger partial charge is 0.496 e. The van der Waals surface area contributed by atoms with Crippen LogP contribution in [0.25, 0.3) is 11.1 Å². The topological polar surface area (TPSA) is 95.4 Å². The Labute approximate surface area is 104 Å². The molecule has 0 fully saturated rings. The molecule has 0 saturated heterocycles. The molecule has 0 aliphatic heterocycles. The lowest BCUT2D eigenvalue weighted by atomic mass is 10.1. The summed E-state index contributed by atoms with van der Waals surface area (Å²) in [6.07, 6.45) is 2.59. The Bertz CT molecular complexity index is 676. The zero-order chi connectivity index (χ0) is 13.3. The fourth-order valence-corrected chi connectivity index (χ4v) is 2.21. The number of rotatable bonds is 3. The molecule has 0 aliphatic rings. The number of nitrogens with zero attached hydrogens (tertiary/aromatic N) is 1. The number of hydrogen-bond donors (Lipinski definition) is 1. The van der Waals surface area contributed by atoms with Gasteiger partial charge in [0.15, 0.2) is 9.84 Å². The SMILES string of the molecule is COc1cc(S(C)(=O)=O)ccc1-c1cnoc1N. The van der Waals surface area contributed by atoms with E-state index in [-0.39, 0.29) is 10.8 Å². The minimum Gasteiger partial charge on any atom is -0.496 e. The van der Waals surface area contributed by atoms with Crippen LogP contribution in [0, 0.1) is 0 Å². The Hall–Kier alpha value is -2.02. The predicted molar refractivity (Wildman–Crippen MR) is 66.0 cm³/mol. The van der Waals surface area contributed by atoms with E-state index in [1.807, 2.05) is 0 Å². The van der Waals surface area contributed by atoms with Crippen LogP contribution in [-0.4, -0.2) is 26.9 Å². The minimum absolute atomic E-state index is 0.153. The average Bonchev–Trinajstić information content (AvgIpc) is 2.73. The van der Waals surface area contributed by atoms with Crippen molar-refractivity contribution in [3.63, 3.8) is 0 Å². The summed E-state index contributed by atoms with van der Waals surface area (Å²) >= 11 is 0. The summed E-state index contributed by atoms with van der Waals surface area (Å²) < 4.78 is 32.8. The Kier molecular flexibility index (Phi) is 3.00. The summed E-state index contributed by atoms with van der Waals surface area (Å²) in [4.78, 5) is 0.179. The highest BCUT2D eigenvalue weighted by atomic mass is 32.2. The van der Waals surface area contributed by atoms with Crippen molar-refractivity contribution in [2.75, 3.05) is 19.1 Å². The quantitative estimate of drug-likeness (QED) is 0.902. The van der Waals surface area contributed by atoms with Crippen molar-refractivity contribution >= 4 is 15.7 Å². The zero-order valence-electron chi connectivity index (χ0n) is 9.88. The standard InChI is InChI=1S/C11H12N2O4S/c1-16-10-5-7(18(2,14)15)3-4-8(10)9-6-13-17-11(9)12/h3-6H,12H2,1-2H3. The van der Waals surface area contributed by atoms with Crippen molar-refractivity contribution in [1.82, 2.24) is 5.16 Å². The molecule has 0 aliphatic carbocycles. The van der Waals surface area contributed by atoms with Crippen LogP contribution in [0.1, 0.15) is 0 Å². The van der Waals surface area contributed by atoms with Crippen LogP contribution in [0.3, 0.4) is 0 Å². The summed E-state index contributed by atoms with van der Waals surface area (Å²) in [5.74, 6) is 0.549. The Morgan fingerprint density at radius 2 is 2.06 bits per heavy atom. The van der Waals surface area contributed by atoms with E-state index in [1.54, 1.807) is 6.07 Å². The van der Waals surface area contributed by atoms with E-state index in [9.17, 15) is 8.42 Å². The zero-order valence-corrected chi connectivity index (χ0v) is 10.7. The smallest absolute Gasteiger partial charge is 0.230 e. The number of nitrogen functional groups attached to an aromatic ring is 1. The van der Waals surface area contributed by atoms with Gasteiger partial charge in [-0.2, -0.15) is 0 Å². The van der Waals surface area contributed by atoms with Crippen molar-refractivity contribution in [1.29, 1.82) is 0 Å². The van der Waals surface area contributed by atoms with E-state index in [4.69, 9.17) is 15.0 Å². The number of hydrogen-bond acceptors (Lipinski definition) is 6. The van der Waals surface area contributed by atoms with Gasteiger partial charge >= 0.3 is 0 Å². The molecule has 18 heavy (non-hydrogen) atoms. The Balaban J connectivity index is 2.61. The average molecular weight is 268 g/mol. The molecule has 1 aromatic carbocycles. The number of methoxy groups -OCH3 is 1. The van der Waals surface area contributed by atoms with E-state index < -0.39 is 9.84 Å². The molecule has 0 saturated carbocycles. The number of aromatic nitrogens is 1. The van der Waals surface area contributed by atoms with Gasteiger partial charge in [-0.3, -0.25) is 0 Å². The third kappa shape index (κ3) is 2.17. The van der Waals surface area contributed by atoms with E-state index in [1.165, 1.54) is 25.4 Å². The second-order valence-corrected chi connectivity index (χ2v) is 5.75. The Morgan fingerprint density at radius 1 is 1.33 bits per heavy atom. The third-order valence-electron chi connectivity index (χ3n) is 2.49. The highest BCUT2D eigenvalue weighted by Crippen LogP contribution is 2.35. The fourth-order valence-electron chi connectivity index (χ4n) is 1.58. The van der Waals surface area contributed by atoms with Crippen molar-refractivity contribution in [3.8, 4) is 16.9 Å². The molecule has 2 rings (SSSR count). The molecule has 1 aromatic heterocycles. The van der Waals surface area contributed by atoms with Gasteiger partial charge in [0.2, 0.25) is 5.88 Å². The maximum absolute atomic E-state index is 11.5. The first-order valence-electron chi connectivity index (χ1n) is 5.02. The molecular formula is C11H12N2O4S. The second kappa shape index (κ2) is 4.34. The van der Waals surface area contributed by atoms with Crippen molar-refractivity contribution in [2.24, 2.45) is 0 Å². The Morgan fingerprint density at radius 3 is 2.56 bits per heavy atom. The maximum atomic E-state index is 11.5. The summed E-state index contributed by atoms with van der Waals surface area (Å²) in [7, 11) is -1.83. The van der Waals surface area contributed by atoms with Crippen LogP contribution in [0.2, 0.25) is 0 Å². The maximum Gasteiger partial charge on any atom is 0.230 e. The third-order valence-corrected chi connectivity index (χ3v) is 3.60. The molecular weight excluding hydrogens is 256 g/mol. The van der Waals surface area contributed by atoms with Crippen LogP contribution in [0.5, 0.6) is 5.75 Å².